The highest BCUT2D eigenvalue weighted by Crippen LogP contribution is 2.27. The van der Waals surface area contributed by atoms with Crippen molar-refractivity contribution in [2.24, 2.45) is 0 Å². The van der Waals surface area contributed by atoms with Gasteiger partial charge in [-0.2, -0.15) is 0 Å². The van der Waals surface area contributed by atoms with Gasteiger partial charge < -0.3 is 20.1 Å². The van der Waals surface area contributed by atoms with Crippen molar-refractivity contribution in [2.75, 3.05) is 32.1 Å². The number of aryl methyl sites for hydroxylation is 1. The van der Waals surface area contributed by atoms with E-state index in [-0.39, 0.29) is 12.0 Å². The fraction of sp³-hybridized carbons (Fsp3) is 0.562. The lowest BCUT2D eigenvalue weighted by atomic mass is 10.2. The summed E-state index contributed by atoms with van der Waals surface area (Å²) < 4.78 is 11.4. The van der Waals surface area contributed by atoms with Gasteiger partial charge in [0, 0.05) is 19.6 Å². The van der Waals surface area contributed by atoms with Crippen LogP contribution in [0.1, 0.15) is 24.8 Å². The van der Waals surface area contributed by atoms with E-state index in [9.17, 15) is 4.79 Å². The zero-order chi connectivity index (χ0) is 15.1. The molecule has 116 valence electrons. The molecular formula is C16H24N2O3. The first-order chi connectivity index (χ1) is 10.2. The first-order valence-electron chi connectivity index (χ1n) is 7.48. The molecule has 1 saturated heterocycles. The predicted octanol–water partition coefficient (Wildman–Crippen LogP) is 2.10. The summed E-state index contributed by atoms with van der Waals surface area (Å²) in [6.45, 7) is 4.01. The molecule has 2 rings (SSSR count). The SMILES string of the molecule is CNCCC(=O)Nc1ccc(C)cc1OCC1CCCO1. The van der Waals surface area contributed by atoms with Crippen molar-refractivity contribution in [3.8, 4) is 5.75 Å². The van der Waals surface area contributed by atoms with Crippen LogP contribution in [-0.4, -0.2) is 38.8 Å². The van der Waals surface area contributed by atoms with Crippen LogP contribution in [0.2, 0.25) is 0 Å². The zero-order valence-corrected chi connectivity index (χ0v) is 12.8. The van der Waals surface area contributed by atoms with Crippen LogP contribution in [0.4, 0.5) is 5.69 Å². The molecular weight excluding hydrogens is 268 g/mol. The molecule has 1 fully saturated rings. The molecule has 0 bridgehead atoms. The maximum absolute atomic E-state index is 11.8. The Morgan fingerprint density at radius 2 is 2.33 bits per heavy atom. The van der Waals surface area contributed by atoms with Crippen LogP contribution in [0.15, 0.2) is 18.2 Å². The van der Waals surface area contributed by atoms with Gasteiger partial charge in [-0.1, -0.05) is 6.07 Å². The molecule has 1 atom stereocenters. The zero-order valence-electron chi connectivity index (χ0n) is 12.8. The molecule has 5 nitrogen and oxygen atoms in total. The molecule has 1 aliphatic rings. The molecule has 21 heavy (non-hydrogen) atoms. The Balaban J connectivity index is 1.97. The summed E-state index contributed by atoms with van der Waals surface area (Å²) in [5.74, 6) is 0.693. The van der Waals surface area contributed by atoms with Crippen LogP contribution >= 0.6 is 0 Å². The normalized spacial score (nSPS) is 17.7. The third kappa shape index (κ3) is 5.02. The van der Waals surface area contributed by atoms with E-state index in [1.807, 2.05) is 32.2 Å². The highest BCUT2D eigenvalue weighted by Gasteiger charge is 2.17. The third-order valence-electron chi connectivity index (χ3n) is 3.46. The highest BCUT2D eigenvalue weighted by molar-refractivity contribution is 5.92. The number of hydrogen-bond acceptors (Lipinski definition) is 4. The van der Waals surface area contributed by atoms with Crippen molar-refractivity contribution >= 4 is 11.6 Å². The average molecular weight is 292 g/mol. The maximum Gasteiger partial charge on any atom is 0.225 e. The van der Waals surface area contributed by atoms with Crippen LogP contribution in [-0.2, 0) is 9.53 Å². The Kier molecular flexibility index (Phi) is 6.02. The molecule has 1 aliphatic heterocycles. The minimum absolute atomic E-state index is 0.0184. The average Bonchev–Trinajstić information content (AvgIpc) is 2.98. The van der Waals surface area contributed by atoms with E-state index in [1.165, 1.54) is 0 Å². The number of carbonyl (C=O) groups excluding carboxylic acids is 1. The number of rotatable bonds is 7. The number of hydrogen-bond donors (Lipinski definition) is 2. The standard InChI is InChI=1S/C16H24N2O3/c1-12-5-6-14(18-16(19)7-8-17-2)15(10-12)21-11-13-4-3-9-20-13/h5-6,10,13,17H,3-4,7-9,11H2,1-2H3,(H,18,19). The number of carbonyl (C=O) groups is 1. The van der Waals surface area contributed by atoms with E-state index in [0.29, 0.717) is 25.3 Å². The van der Waals surface area contributed by atoms with Gasteiger partial charge in [0.15, 0.2) is 0 Å². The molecule has 1 unspecified atom stereocenters. The Labute approximate surface area is 126 Å². The van der Waals surface area contributed by atoms with E-state index in [1.54, 1.807) is 0 Å². The Morgan fingerprint density at radius 1 is 1.48 bits per heavy atom. The second kappa shape index (κ2) is 8.00. The fourth-order valence-electron chi connectivity index (χ4n) is 2.26. The number of benzene rings is 1. The van der Waals surface area contributed by atoms with Crippen molar-refractivity contribution < 1.29 is 14.3 Å². The Morgan fingerprint density at radius 3 is 3.05 bits per heavy atom. The van der Waals surface area contributed by atoms with Crippen LogP contribution in [0.5, 0.6) is 5.75 Å². The van der Waals surface area contributed by atoms with Crippen molar-refractivity contribution in [3.63, 3.8) is 0 Å². The van der Waals surface area contributed by atoms with Gasteiger partial charge in [-0.05, 0) is 44.5 Å². The van der Waals surface area contributed by atoms with E-state index >= 15 is 0 Å². The largest absolute Gasteiger partial charge is 0.489 e. The number of anilines is 1. The van der Waals surface area contributed by atoms with Crippen LogP contribution in [0, 0.1) is 6.92 Å². The van der Waals surface area contributed by atoms with E-state index < -0.39 is 0 Å². The molecule has 1 amide bonds. The van der Waals surface area contributed by atoms with Crippen molar-refractivity contribution in [2.45, 2.75) is 32.3 Å². The summed E-state index contributed by atoms with van der Waals surface area (Å²) in [4.78, 5) is 11.8. The minimum Gasteiger partial charge on any atom is -0.489 e. The molecule has 0 aromatic heterocycles. The molecule has 1 aromatic rings. The Hall–Kier alpha value is -1.59. The van der Waals surface area contributed by atoms with Crippen LogP contribution in [0.25, 0.3) is 0 Å². The van der Waals surface area contributed by atoms with Crippen molar-refractivity contribution in [3.05, 3.63) is 23.8 Å². The Bertz CT molecular complexity index is 471. The summed E-state index contributed by atoms with van der Waals surface area (Å²) in [6.07, 6.45) is 2.74. The smallest absolute Gasteiger partial charge is 0.225 e. The first kappa shape index (κ1) is 15.8. The minimum atomic E-state index is -0.0184. The molecule has 1 aromatic carbocycles. The molecule has 5 heteroatoms. The molecule has 1 heterocycles. The molecule has 0 saturated carbocycles. The summed E-state index contributed by atoms with van der Waals surface area (Å²) in [5, 5.41) is 5.86. The van der Waals surface area contributed by atoms with Gasteiger partial charge in [0.1, 0.15) is 12.4 Å². The van der Waals surface area contributed by atoms with Gasteiger partial charge in [-0.25, -0.2) is 0 Å². The molecule has 0 spiro atoms. The summed E-state index contributed by atoms with van der Waals surface area (Å²) >= 11 is 0. The van der Waals surface area contributed by atoms with Gasteiger partial charge >= 0.3 is 0 Å². The topological polar surface area (TPSA) is 59.6 Å². The van der Waals surface area contributed by atoms with Gasteiger partial charge in [-0.15, -0.1) is 0 Å². The second-order valence-corrected chi connectivity index (χ2v) is 5.35. The number of nitrogens with one attached hydrogen (secondary N) is 2. The van der Waals surface area contributed by atoms with Gasteiger partial charge in [0.2, 0.25) is 5.91 Å². The van der Waals surface area contributed by atoms with Gasteiger partial charge in [-0.3, -0.25) is 4.79 Å². The lowest BCUT2D eigenvalue weighted by Gasteiger charge is -2.16. The third-order valence-corrected chi connectivity index (χ3v) is 3.46. The fourth-order valence-corrected chi connectivity index (χ4v) is 2.26. The van der Waals surface area contributed by atoms with Gasteiger partial charge in [0.25, 0.3) is 0 Å². The lowest BCUT2D eigenvalue weighted by Crippen LogP contribution is -2.20. The van der Waals surface area contributed by atoms with Crippen molar-refractivity contribution in [1.82, 2.24) is 5.32 Å². The highest BCUT2D eigenvalue weighted by atomic mass is 16.5. The number of ether oxygens (including phenoxy) is 2. The molecule has 2 N–H and O–H groups in total. The van der Waals surface area contributed by atoms with Crippen molar-refractivity contribution in [1.29, 1.82) is 0 Å². The molecule has 0 radical (unpaired) electrons. The van der Waals surface area contributed by atoms with Crippen LogP contribution in [0.3, 0.4) is 0 Å². The summed E-state index contributed by atoms with van der Waals surface area (Å²) in [5.41, 5.74) is 1.82. The van der Waals surface area contributed by atoms with E-state index in [4.69, 9.17) is 9.47 Å². The summed E-state index contributed by atoms with van der Waals surface area (Å²) in [7, 11) is 1.83. The van der Waals surface area contributed by atoms with E-state index in [0.717, 1.165) is 30.7 Å². The van der Waals surface area contributed by atoms with Gasteiger partial charge in [0.05, 0.1) is 11.8 Å². The maximum atomic E-state index is 11.8. The second-order valence-electron chi connectivity index (χ2n) is 5.35. The predicted molar refractivity (Wildman–Crippen MR) is 82.8 cm³/mol. The quantitative estimate of drug-likeness (QED) is 0.808. The summed E-state index contributed by atoms with van der Waals surface area (Å²) in [6, 6.07) is 5.80. The van der Waals surface area contributed by atoms with Crippen LogP contribution < -0.4 is 15.4 Å². The monoisotopic (exact) mass is 292 g/mol. The number of amides is 1. The lowest BCUT2D eigenvalue weighted by molar-refractivity contribution is -0.116. The van der Waals surface area contributed by atoms with E-state index in [2.05, 4.69) is 10.6 Å². The molecule has 0 aliphatic carbocycles. The first-order valence-corrected chi connectivity index (χ1v) is 7.48.